The minimum atomic E-state index is -0.367. The summed E-state index contributed by atoms with van der Waals surface area (Å²) in [5.41, 5.74) is 6.39. The van der Waals surface area contributed by atoms with Gasteiger partial charge in [-0.05, 0) is 30.5 Å². The van der Waals surface area contributed by atoms with Gasteiger partial charge in [-0.2, -0.15) is 0 Å². The molecule has 0 spiro atoms. The molecule has 0 aliphatic heterocycles. The molecule has 1 saturated carbocycles. The van der Waals surface area contributed by atoms with Crippen LogP contribution >= 0.6 is 23.2 Å². The van der Waals surface area contributed by atoms with E-state index in [0.29, 0.717) is 23.1 Å². The number of halogens is 2. The molecule has 0 bridgehead atoms. The van der Waals surface area contributed by atoms with Crippen LogP contribution in [-0.4, -0.2) is 24.4 Å². The Morgan fingerprint density at radius 1 is 1.35 bits per heavy atom. The van der Waals surface area contributed by atoms with Crippen molar-refractivity contribution in [2.45, 2.75) is 32.2 Å². The number of carbonyl (C=O) groups excluding carboxylic acids is 1. The fourth-order valence-electron chi connectivity index (χ4n) is 2.94. The molecule has 5 heteroatoms. The predicted molar refractivity (Wildman–Crippen MR) is 82.9 cm³/mol. The molecule has 20 heavy (non-hydrogen) atoms. The molecule has 0 heterocycles. The Morgan fingerprint density at radius 2 is 2.00 bits per heavy atom. The maximum Gasteiger partial charge on any atom is 0.230 e. The average molecular weight is 315 g/mol. The number of nitrogens with zero attached hydrogens (tertiary/aromatic N) is 1. The number of benzene rings is 1. The van der Waals surface area contributed by atoms with E-state index in [-0.39, 0.29) is 11.3 Å². The molecule has 2 rings (SSSR count). The largest absolute Gasteiger partial charge is 0.341 e. The van der Waals surface area contributed by atoms with Gasteiger partial charge >= 0.3 is 0 Å². The fourth-order valence-corrected chi connectivity index (χ4v) is 3.41. The summed E-state index contributed by atoms with van der Waals surface area (Å²) in [6, 6.07) is 5.35. The summed E-state index contributed by atoms with van der Waals surface area (Å²) >= 11 is 12.0. The Hall–Kier alpha value is -0.770. The number of carbonyl (C=O) groups is 1. The highest BCUT2D eigenvalue weighted by Crippen LogP contribution is 2.39. The molecule has 0 aromatic heterocycles. The van der Waals surface area contributed by atoms with E-state index < -0.39 is 0 Å². The van der Waals surface area contributed by atoms with Gasteiger partial charge in [-0.15, -0.1) is 0 Å². The van der Waals surface area contributed by atoms with E-state index in [1.54, 1.807) is 17.0 Å². The Labute approximate surface area is 130 Å². The minimum Gasteiger partial charge on any atom is -0.341 e. The molecular weight excluding hydrogens is 295 g/mol. The summed E-state index contributed by atoms with van der Waals surface area (Å²) in [5.74, 6) is 0.128. The second-order valence-electron chi connectivity index (χ2n) is 5.59. The third kappa shape index (κ3) is 3.11. The molecule has 110 valence electrons. The minimum absolute atomic E-state index is 0.128. The SMILES string of the molecule is CN(Cc1ccc(Cl)cc1Cl)C(=O)C1(CN)CCCC1. The molecule has 0 unspecified atom stereocenters. The van der Waals surface area contributed by atoms with Gasteiger partial charge in [-0.25, -0.2) is 0 Å². The zero-order chi connectivity index (χ0) is 14.8. The Kier molecular flexibility index (Phi) is 4.95. The first-order valence-electron chi connectivity index (χ1n) is 6.88. The molecule has 0 saturated heterocycles. The summed E-state index contributed by atoms with van der Waals surface area (Å²) in [4.78, 5) is 14.4. The lowest BCUT2D eigenvalue weighted by molar-refractivity contribution is -0.140. The van der Waals surface area contributed by atoms with Crippen molar-refractivity contribution < 1.29 is 4.79 Å². The van der Waals surface area contributed by atoms with Crippen LogP contribution in [0.1, 0.15) is 31.2 Å². The summed E-state index contributed by atoms with van der Waals surface area (Å²) in [6.07, 6.45) is 3.94. The van der Waals surface area contributed by atoms with E-state index in [1.807, 2.05) is 13.1 Å². The van der Waals surface area contributed by atoms with Crippen molar-refractivity contribution in [1.82, 2.24) is 4.90 Å². The van der Waals surface area contributed by atoms with Gasteiger partial charge < -0.3 is 10.6 Å². The van der Waals surface area contributed by atoms with Crippen molar-refractivity contribution in [3.63, 3.8) is 0 Å². The Morgan fingerprint density at radius 3 is 2.55 bits per heavy atom. The molecule has 0 atom stereocenters. The first-order valence-corrected chi connectivity index (χ1v) is 7.64. The number of nitrogens with two attached hydrogens (primary N) is 1. The van der Waals surface area contributed by atoms with Gasteiger partial charge in [-0.1, -0.05) is 42.1 Å². The first kappa shape index (κ1) is 15.6. The van der Waals surface area contributed by atoms with Crippen molar-refractivity contribution in [3.05, 3.63) is 33.8 Å². The lowest BCUT2D eigenvalue weighted by atomic mass is 9.84. The van der Waals surface area contributed by atoms with Crippen molar-refractivity contribution in [2.24, 2.45) is 11.1 Å². The topological polar surface area (TPSA) is 46.3 Å². The zero-order valence-electron chi connectivity index (χ0n) is 11.7. The fraction of sp³-hybridized carbons (Fsp3) is 0.533. The standard InChI is InChI=1S/C15H20Cl2N2O/c1-19(9-11-4-5-12(16)8-13(11)17)14(20)15(10-18)6-2-3-7-15/h4-5,8H,2-3,6-7,9-10,18H2,1H3. The quantitative estimate of drug-likeness (QED) is 0.925. The van der Waals surface area contributed by atoms with Crippen LogP contribution in [0, 0.1) is 5.41 Å². The predicted octanol–water partition coefficient (Wildman–Crippen LogP) is 3.47. The highest BCUT2D eigenvalue weighted by Gasteiger charge is 2.41. The van der Waals surface area contributed by atoms with Gasteiger partial charge in [-0.3, -0.25) is 4.79 Å². The molecule has 3 nitrogen and oxygen atoms in total. The maximum absolute atomic E-state index is 12.7. The Bertz CT molecular complexity index is 499. The Balaban J connectivity index is 2.11. The van der Waals surface area contributed by atoms with Gasteiger partial charge in [0.2, 0.25) is 5.91 Å². The number of amides is 1. The van der Waals surface area contributed by atoms with Gasteiger partial charge in [0, 0.05) is 30.2 Å². The van der Waals surface area contributed by atoms with Gasteiger partial charge in [0.1, 0.15) is 0 Å². The van der Waals surface area contributed by atoms with Crippen LogP contribution in [0.25, 0.3) is 0 Å². The lowest BCUT2D eigenvalue weighted by Crippen LogP contribution is -2.44. The van der Waals surface area contributed by atoms with Gasteiger partial charge in [0.05, 0.1) is 5.41 Å². The van der Waals surface area contributed by atoms with Gasteiger partial charge in [0.25, 0.3) is 0 Å². The van der Waals surface area contributed by atoms with E-state index in [0.717, 1.165) is 31.2 Å². The third-order valence-corrected chi connectivity index (χ3v) is 4.76. The summed E-state index contributed by atoms with van der Waals surface area (Å²) in [7, 11) is 1.81. The number of hydrogen-bond donors (Lipinski definition) is 1. The molecular formula is C15H20Cl2N2O. The zero-order valence-corrected chi connectivity index (χ0v) is 13.2. The molecule has 1 aliphatic rings. The summed E-state index contributed by atoms with van der Waals surface area (Å²) in [6.45, 7) is 0.904. The molecule has 0 radical (unpaired) electrons. The monoisotopic (exact) mass is 314 g/mol. The molecule has 2 N–H and O–H groups in total. The highest BCUT2D eigenvalue weighted by molar-refractivity contribution is 6.35. The average Bonchev–Trinajstić information content (AvgIpc) is 2.91. The van der Waals surface area contributed by atoms with Crippen molar-refractivity contribution in [3.8, 4) is 0 Å². The van der Waals surface area contributed by atoms with E-state index in [1.165, 1.54) is 0 Å². The van der Waals surface area contributed by atoms with Crippen molar-refractivity contribution in [1.29, 1.82) is 0 Å². The van der Waals surface area contributed by atoms with E-state index in [2.05, 4.69) is 0 Å². The van der Waals surface area contributed by atoms with E-state index in [4.69, 9.17) is 28.9 Å². The van der Waals surface area contributed by atoms with Crippen LogP contribution in [0.3, 0.4) is 0 Å². The first-order chi connectivity index (χ1) is 9.48. The van der Waals surface area contributed by atoms with Crippen LogP contribution < -0.4 is 5.73 Å². The van der Waals surface area contributed by atoms with Crippen LogP contribution in [0.15, 0.2) is 18.2 Å². The third-order valence-electron chi connectivity index (χ3n) is 4.17. The smallest absolute Gasteiger partial charge is 0.230 e. The molecule has 1 aromatic carbocycles. The molecule has 1 aromatic rings. The second kappa shape index (κ2) is 6.33. The normalized spacial score (nSPS) is 17.2. The maximum atomic E-state index is 12.7. The lowest BCUT2D eigenvalue weighted by Gasteiger charge is -2.31. The molecule has 1 aliphatic carbocycles. The van der Waals surface area contributed by atoms with Crippen LogP contribution in [-0.2, 0) is 11.3 Å². The highest BCUT2D eigenvalue weighted by atomic mass is 35.5. The second-order valence-corrected chi connectivity index (χ2v) is 6.43. The van der Waals surface area contributed by atoms with Crippen LogP contribution in [0.2, 0.25) is 10.0 Å². The summed E-state index contributed by atoms with van der Waals surface area (Å²) < 4.78 is 0. The van der Waals surface area contributed by atoms with E-state index in [9.17, 15) is 4.79 Å². The van der Waals surface area contributed by atoms with Crippen molar-refractivity contribution in [2.75, 3.05) is 13.6 Å². The molecule has 1 amide bonds. The summed E-state index contributed by atoms with van der Waals surface area (Å²) in [5, 5.41) is 1.19. The van der Waals surface area contributed by atoms with Crippen molar-refractivity contribution >= 4 is 29.1 Å². The van der Waals surface area contributed by atoms with Crippen LogP contribution in [0.4, 0.5) is 0 Å². The van der Waals surface area contributed by atoms with Crippen LogP contribution in [0.5, 0.6) is 0 Å². The molecule has 1 fully saturated rings. The van der Waals surface area contributed by atoms with E-state index >= 15 is 0 Å². The number of rotatable bonds is 4. The number of hydrogen-bond acceptors (Lipinski definition) is 2. The van der Waals surface area contributed by atoms with Gasteiger partial charge in [0.15, 0.2) is 0 Å².